The van der Waals surface area contributed by atoms with E-state index in [1.807, 2.05) is 19.1 Å². The number of aliphatic hydroxyl groups excluding tert-OH is 1. The summed E-state index contributed by atoms with van der Waals surface area (Å²) >= 11 is 0. The van der Waals surface area contributed by atoms with Crippen LogP contribution in [0.25, 0.3) is 0 Å². The molecule has 0 unspecified atom stereocenters. The molecular formula is C30H48O5. The molecule has 0 radical (unpaired) electrons. The number of hydrogen-bond acceptors (Lipinski definition) is 5. The monoisotopic (exact) mass is 488 g/mol. The molecule has 2 saturated heterocycles. The third-order valence-electron chi connectivity index (χ3n) is 11.9. The van der Waals surface area contributed by atoms with Gasteiger partial charge >= 0.3 is 0 Å². The van der Waals surface area contributed by atoms with Crippen molar-refractivity contribution in [2.45, 2.75) is 116 Å². The van der Waals surface area contributed by atoms with E-state index in [1.54, 1.807) is 0 Å². The molecule has 11 atom stereocenters. The largest absolute Gasteiger partial charge is 0.389 e. The molecular weight excluding hydrogens is 440 g/mol. The summed E-state index contributed by atoms with van der Waals surface area (Å²) in [7, 11) is 0. The van der Waals surface area contributed by atoms with Crippen LogP contribution < -0.4 is 0 Å². The summed E-state index contributed by atoms with van der Waals surface area (Å²) in [6.07, 6.45) is 12.0. The van der Waals surface area contributed by atoms with E-state index in [2.05, 4.69) is 34.6 Å². The van der Waals surface area contributed by atoms with Gasteiger partial charge < -0.3 is 24.1 Å². The Labute approximate surface area is 212 Å². The van der Waals surface area contributed by atoms with Gasteiger partial charge in [0.2, 0.25) is 0 Å². The summed E-state index contributed by atoms with van der Waals surface area (Å²) in [6, 6.07) is 0. The lowest BCUT2D eigenvalue weighted by Crippen LogP contribution is -2.65. The minimum Gasteiger partial charge on any atom is -0.389 e. The highest BCUT2D eigenvalue weighted by Gasteiger charge is 2.70. The smallest absolute Gasteiger partial charge is 0.172 e. The van der Waals surface area contributed by atoms with Crippen LogP contribution in [0.4, 0.5) is 0 Å². The molecule has 4 saturated carbocycles. The molecule has 5 nitrogen and oxygen atoms in total. The maximum atomic E-state index is 10.9. The van der Waals surface area contributed by atoms with Crippen molar-refractivity contribution < 1.29 is 24.1 Å². The van der Waals surface area contributed by atoms with Crippen LogP contribution in [0.2, 0.25) is 0 Å². The van der Waals surface area contributed by atoms with Gasteiger partial charge in [0, 0.05) is 12.3 Å². The molecule has 2 aliphatic heterocycles. The van der Waals surface area contributed by atoms with Crippen molar-refractivity contribution in [1.82, 2.24) is 0 Å². The highest BCUT2D eigenvalue weighted by Crippen LogP contribution is 2.71. The molecule has 35 heavy (non-hydrogen) atoms. The Bertz CT molecular complexity index is 848. The Morgan fingerprint density at radius 1 is 0.886 bits per heavy atom. The van der Waals surface area contributed by atoms with Crippen molar-refractivity contribution in [3.63, 3.8) is 0 Å². The molecule has 198 valence electrons. The van der Waals surface area contributed by atoms with Gasteiger partial charge in [0.05, 0.1) is 31.5 Å². The number of hydrogen-bond donors (Lipinski definition) is 1. The van der Waals surface area contributed by atoms with Crippen LogP contribution in [0.5, 0.6) is 0 Å². The molecule has 0 aromatic carbocycles. The maximum Gasteiger partial charge on any atom is 0.172 e. The van der Waals surface area contributed by atoms with Crippen LogP contribution in [-0.2, 0) is 18.9 Å². The first kappa shape index (κ1) is 24.9. The molecule has 0 amide bonds. The van der Waals surface area contributed by atoms with Crippen LogP contribution in [0.15, 0.2) is 12.2 Å². The zero-order valence-electron chi connectivity index (χ0n) is 22.8. The molecule has 1 N–H and O–H groups in total. The van der Waals surface area contributed by atoms with Crippen molar-refractivity contribution >= 4 is 0 Å². The summed E-state index contributed by atoms with van der Waals surface area (Å²) in [5.74, 6) is 2.19. The van der Waals surface area contributed by atoms with Crippen molar-refractivity contribution in [2.24, 2.45) is 46.3 Å². The first-order valence-electron chi connectivity index (χ1n) is 14.5. The molecule has 0 bridgehead atoms. The van der Waals surface area contributed by atoms with Crippen molar-refractivity contribution in [2.75, 3.05) is 13.2 Å². The van der Waals surface area contributed by atoms with E-state index in [0.29, 0.717) is 48.7 Å². The molecule has 1 spiro atoms. The summed E-state index contributed by atoms with van der Waals surface area (Å²) in [5, 5.41) is 10.9. The summed E-state index contributed by atoms with van der Waals surface area (Å²) < 4.78 is 26.1. The van der Waals surface area contributed by atoms with Gasteiger partial charge in [-0.1, -0.05) is 32.9 Å². The van der Waals surface area contributed by atoms with Gasteiger partial charge in [-0.2, -0.15) is 0 Å². The Hall–Kier alpha value is -0.460. The van der Waals surface area contributed by atoms with E-state index in [9.17, 15) is 5.11 Å². The minimum absolute atomic E-state index is 0.133. The van der Waals surface area contributed by atoms with E-state index in [1.165, 1.54) is 25.7 Å². The Balaban J connectivity index is 1.33. The summed E-state index contributed by atoms with van der Waals surface area (Å²) in [4.78, 5) is 0. The standard InChI is InChI=1S/C30H48O5/c1-7-8-23(31)18(2)20-9-10-21-19-16-30(32-13-14-33-30)26-15-24-25(35-27(3,4)34-24)17-29(26,6)22(19)11-12-28(20,21)5/h7-8,18-26,31H,9-17H2,1-6H3/b8-7+/t18-,19-,20+,21-,22-,23-,24-,25+,26-,28+,29+/m0/s1. The molecule has 0 aromatic rings. The molecule has 5 heteroatoms. The number of allylic oxidation sites excluding steroid dienone is 1. The predicted molar refractivity (Wildman–Crippen MR) is 134 cm³/mol. The molecule has 6 aliphatic rings. The van der Waals surface area contributed by atoms with Gasteiger partial charge in [0.25, 0.3) is 0 Å². The van der Waals surface area contributed by atoms with Crippen molar-refractivity contribution in [3.8, 4) is 0 Å². The quantitative estimate of drug-likeness (QED) is 0.516. The molecule has 2 heterocycles. The topological polar surface area (TPSA) is 57.2 Å². The maximum absolute atomic E-state index is 10.9. The van der Waals surface area contributed by atoms with Crippen LogP contribution in [0, 0.1) is 46.3 Å². The molecule has 6 fully saturated rings. The second-order valence-corrected chi connectivity index (χ2v) is 13.9. The van der Waals surface area contributed by atoms with Gasteiger partial charge in [-0.25, -0.2) is 0 Å². The second-order valence-electron chi connectivity index (χ2n) is 13.9. The fourth-order valence-corrected chi connectivity index (χ4v) is 10.6. The Morgan fingerprint density at radius 2 is 1.57 bits per heavy atom. The van der Waals surface area contributed by atoms with Crippen LogP contribution in [0.3, 0.4) is 0 Å². The molecule has 4 aliphatic carbocycles. The molecule has 0 aromatic heterocycles. The third kappa shape index (κ3) is 3.58. The lowest BCUT2D eigenvalue weighted by molar-refractivity contribution is -0.300. The van der Waals surface area contributed by atoms with E-state index in [0.717, 1.165) is 19.3 Å². The van der Waals surface area contributed by atoms with E-state index in [4.69, 9.17) is 18.9 Å². The van der Waals surface area contributed by atoms with E-state index >= 15 is 0 Å². The second kappa shape index (κ2) is 8.27. The Kier molecular flexibility index (Phi) is 5.87. The van der Waals surface area contributed by atoms with Crippen molar-refractivity contribution in [3.05, 3.63) is 12.2 Å². The van der Waals surface area contributed by atoms with Gasteiger partial charge in [-0.05, 0) is 99.7 Å². The minimum atomic E-state index is -0.503. The van der Waals surface area contributed by atoms with Crippen LogP contribution in [0.1, 0.15) is 86.5 Å². The fourth-order valence-electron chi connectivity index (χ4n) is 10.6. The molecule has 6 rings (SSSR count). The average molecular weight is 489 g/mol. The summed E-state index contributed by atoms with van der Waals surface area (Å²) in [5.41, 5.74) is 0.409. The SMILES string of the molecule is C/C=C/[C@H](O)[C@@H](C)[C@H]1CC[C@H]2[C@@H]3CC4(OCCO4)[C@H]4C[C@@H]5OC(C)(C)O[C@@H]5C[C@]4(C)[C@H]3CC[C@]12C. The first-order chi connectivity index (χ1) is 16.5. The zero-order chi connectivity index (χ0) is 24.8. The number of ether oxygens (including phenoxy) is 4. The fraction of sp³-hybridized carbons (Fsp3) is 0.933. The lowest BCUT2D eigenvalue weighted by atomic mass is 9.42. The van der Waals surface area contributed by atoms with Crippen LogP contribution in [-0.4, -0.2) is 48.2 Å². The lowest BCUT2D eigenvalue weighted by Gasteiger charge is -2.65. The van der Waals surface area contributed by atoms with Crippen molar-refractivity contribution in [1.29, 1.82) is 0 Å². The predicted octanol–water partition coefficient (Wildman–Crippen LogP) is 5.70. The Morgan fingerprint density at radius 3 is 2.29 bits per heavy atom. The average Bonchev–Trinajstić information content (AvgIpc) is 3.46. The number of fused-ring (bicyclic) bond motifs is 7. The highest BCUT2D eigenvalue weighted by atomic mass is 16.8. The van der Waals surface area contributed by atoms with Gasteiger partial charge in [0.15, 0.2) is 11.6 Å². The van der Waals surface area contributed by atoms with E-state index < -0.39 is 11.6 Å². The normalized spacial score (nSPS) is 51.6. The first-order valence-corrected chi connectivity index (χ1v) is 14.5. The third-order valence-corrected chi connectivity index (χ3v) is 11.9. The van der Waals surface area contributed by atoms with Crippen LogP contribution >= 0.6 is 0 Å². The van der Waals surface area contributed by atoms with E-state index in [-0.39, 0.29) is 29.1 Å². The zero-order valence-corrected chi connectivity index (χ0v) is 22.8. The number of aliphatic hydroxyl groups is 1. The highest BCUT2D eigenvalue weighted by molar-refractivity contribution is 5.16. The van der Waals surface area contributed by atoms with Gasteiger partial charge in [-0.15, -0.1) is 0 Å². The number of rotatable bonds is 3. The van der Waals surface area contributed by atoms with Gasteiger partial charge in [0.1, 0.15) is 0 Å². The van der Waals surface area contributed by atoms with Gasteiger partial charge in [-0.3, -0.25) is 0 Å². The summed E-state index contributed by atoms with van der Waals surface area (Å²) in [6.45, 7) is 14.9.